The van der Waals surface area contributed by atoms with Gasteiger partial charge in [0.25, 0.3) is 5.91 Å². The Bertz CT molecular complexity index is 485. The minimum absolute atomic E-state index is 0.194. The number of hydrogen-bond acceptors (Lipinski definition) is 1. The molecule has 1 aliphatic heterocycles. The van der Waals surface area contributed by atoms with Crippen molar-refractivity contribution < 1.29 is 4.79 Å². The molecule has 2 heterocycles. The van der Waals surface area contributed by atoms with Crippen molar-refractivity contribution in [1.82, 2.24) is 9.47 Å². The second kappa shape index (κ2) is 4.30. The van der Waals surface area contributed by atoms with E-state index in [1.54, 1.807) is 0 Å². The number of carbonyl (C=O) groups is 1. The lowest BCUT2D eigenvalue weighted by Gasteiger charge is -2.17. The van der Waals surface area contributed by atoms with Crippen molar-refractivity contribution in [2.75, 3.05) is 13.1 Å². The first-order valence-corrected chi connectivity index (χ1v) is 6.73. The van der Waals surface area contributed by atoms with Crippen LogP contribution in [0.25, 0.3) is 0 Å². The minimum Gasteiger partial charge on any atom is -0.344 e. The highest BCUT2D eigenvalue weighted by molar-refractivity contribution is 5.93. The summed E-state index contributed by atoms with van der Waals surface area (Å²) in [6.07, 6.45) is 6.81. The Hall–Kier alpha value is -1.51. The highest BCUT2D eigenvalue weighted by Gasteiger charge is 2.35. The lowest BCUT2D eigenvalue weighted by Crippen LogP contribution is -2.30. The molecule has 3 heteroatoms. The molecule has 0 bridgehead atoms. The summed E-state index contributed by atoms with van der Waals surface area (Å²) in [7, 11) is 1.97. The molecule has 2 atom stereocenters. The predicted octanol–water partition coefficient (Wildman–Crippen LogP) is 2.37. The van der Waals surface area contributed by atoms with Crippen LogP contribution in [0.1, 0.15) is 29.0 Å². The van der Waals surface area contributed by atoms with Crippen LogP contribution in [0.5, 0.6) is 0 Å². The van der Waals surface area contributed by atoms with E-state index in [-0.39, 0.29) is 5.91 Å². The number of nitrogens with zero attached hydrogens (tertiary/aromatic N) is 2. The summed E-state index contributed by atoms with van der Waals surface area (Å²) in [5.41, 5.74) is 1.95. The van der Waals surface area contributed by atoms with E-state index in [0.29, 0.717) is 11.8 Å². The molecule has 1 aromatic rings. The number of hydrogen-bond donors (Lipinski definition) is 0. The van der Waals surface area contributed by atoms with Crippen molar-refractivity contribution in [1.29, 1.82) is 0 Å². The van der Waals surface area contributed by atoms with Gasteiger partial charge in [0, 0.05) is 25.8 Å². The number of amides is 1. The average molecular weight is 244 g/mol. The molecule has 0 N–H and O–H groups in total. The van der Waals surface area contributed by atoms with Gasteiger partial charge in [0.05, 0.1) is 0 Å². The van der Waals surface area contributed by atoms with Crippen LogP contribution in [-0.4, -0.2) is 28.5 Å². The fourth-order valence-corrected chi connectivity index (χ4v) is 3.17. The Kier molecular flexibility index (Phi) is 2.77. The fraction of sp³-hybridized carbons (Fsp3) is 0.533. The predicted molar refractivity (Wildman–Crippen MR) is 71.4 cm³/mol. The number of rotatable bonds is 1. The molecule has 96 valence electrons. The van der Waals surface area contributed by atoms with Gasteiger partial charge in [0.1, 0.15) is 5.69 Å². The quantitative estimate of drug-likeness (QED) is 0.696. The lowest BCUT2D eigenvalue weighted by atomic mass is 9.86. The SMILES string of the molecule is Cc1ccc(C(=O)N2CC3CC=CCC3C2)n1C. The van der Waals surface area contributed by atoms with Crippen molar-refractivity contribution in [3.8, 4) is 0 Å². The zero-order valence-electron chi connectivity index (χ0n) is 11.1. The first kappa shape index (κ1) is 11.6. The molecule has 1 aromatic heterocycles. The molecule has 0 spiro atoms. The molecule has 1 amide bonds. The smallest absolute Gasteiger partial charge is 0.270 e. The van der Waals surface area contributed by atoms with Crippen LogP contribution in [0.2, 0.25) is 0 Å². The minimum atomic E-state index is 0.194. The summed E-state index contributed by atoms with van der Waals surface area (Å²) < 4.78 is 1.99. The van der Waals surface area contributed by atoms with Crippen molar-refractivity contribution in [2.24, 2.45) is 18.9 Å². The standard InChI is InChI=1S/C15H20N2O/c1-11-7-8-14(16(11)2)15(18)17-9-12-5-3-4-6-13(12)10-17/h3-4,7-8,12-13H,5-6,9-10H2,1-2H3. The Labute approximate surface area is 108 Å². The van der Waals surface area contributed by atoms with Crippen molar-refractivity contribution in [3.63, 3.8) is 0 Å². The van der Waals surface area contributed by atoms with Crippen LogP contribution >= 0.6 is 0 Å². The zero-order chi connectivity index (χ0) is 12.7. The lowest BCUT2D eigenvalue weighted by molar-refractivity contribution is 0.0774. The van der Waals surface area contributed by atoms with E-state index >= 15 is 0 Å². The van der Waals surface area contributed by atoms with E-state index in [2.05, 4.69) is 12.2 Å². The number of aromatic nitrogens is 1. The van der Waals surface area contributed by atoms with Crippen LogP contribution in [0.3, 0.4) is 0 Å². The molecular weight excluding hydrogens is 224 g/mol. The Morgan fingerprint density at radius 3 is 2.28 bits per heavy atom. The van der Waals surface area contributed by atoms with Crippen molar-refractivity contribution in [3.05, 3.63) is 35.7 Å². The largest absolute Gasteiger partial charge is 0.344 e. The zero-order valence-corrected chi connectivity index (χ0v) is 11.1. The molecule has 1 fully saturated rings. The summed E-state index contributed by atoms with van der Waals surface area (Å²) in [6.45, 7) is 3.89. The number of aryl methyl sites for hydroxylation is 1. The third-order valence-corrected chi connectivity index (χ3v) is 4.50. The third-order valence-electron chi connectivity index (χ3n) is 4.50. The first-order valence-electron chi connectivity index (χ1n) is 6.73. The Morgan fingerprint density at radius 2 is 1.78 bits per heavy atom. The molecule has 2 unspecified atom stereocenters. The van der Waals surface area contributed by atoms with E-state index in [4.69, 9.17) is 0 Å². The van der Waals surface area contributed by atoms with Gasteiger partial charge in [0.2, 0.25) is 0 Å². The van der Waals surface area contributed by atoms with Crippen LogP contribution < -0.4 is 0 Å². The van der Waals surface area contributed by atoms with Gasteiger partial charge in [-0.3, -0.25) is 4.79 Å². The molecule has 0 aromatic carbocycles. The fourth-order valence-electron chi connectivity index (χ4n) is 3.17. The molecule has 0 radical (unpaired) electrons. The topological polar surface area (TPSA) is 25.2 Å². The van der Waals surface area contributed by atoms with Crippen LogP contribution in [0.15, 0.2) is 24.3 Å². The van der Waals surface area contributed by atoms with Gasteiger partial charge in [-0.1, -0.05) is 12.2 Å². The van der Waals surface area contributed by atoms with Gasteiger partial charge in [-0.15, -0.1) is 0 Å². The van der Waals surface area contributed by atoms with E-state index in [1.807, 2.05) is 35.6 Å². The molecule has 3 rings (SSSR count). The molecule has 18 heavy (non-hydrogen) atoms. The van der Waals surface area contributed by atoms with E-state index in [0.717, 1.165) is 37.3 Å². The van der Waals surface area contributed by atoms with Crippen LogP contribution in [0.4, 0.5) is 0 Å². The monoisotopic (exact) mass is 244 g/mol. The maximum atomic E-state index is 12.5. The second-order valence-electron chi connectivity index (χ2n) is 5.59. The molecule has 0 saturated carbocycles. The van der Waals surface area contributed by atoms with Gasteiger partial charge in [-0.2, -0.15) is 0 Å². The number of carbonyl (C=O) groups excluding carboxylic acids is 1. The number of allylic oxidation sites excluding steroid dienone is 2. The number of likely N-dealkylation sites (tertiary alicyclic amines) is 1. The van der Waals surface area contributed by atoms with Gasteiger partial charge >= 0.3 is 0 Å². The van der Waals surface area contributed by atoms with E-state index in [9.17, 15) is 4.79 Å². The van der Waals surface area contributed by atoms with Crippen molar-refractivity contribution in [2.45, 2.75) is 19.8 Å². The second-order valence-corrected chi connectivity index (χ2v) is 5.59. The summed E-state index contributed by atoms with van der Waals surface area (Å²) in [5, 5.41) is 0. The van der Waals surface area contributed by atoms with E-state index < -0.39 is 0 Å². The Balaban J connectivity index is 1.77. The van der Waals surface area contributed by atoms with E-state index in [1.165, 1.54) is 0 Å². The summed E-state index contributed by atoms with van der Waals surface area (Å²) in [6, 6.07) is 3.95. The molecule has 1 aliphatic carbocycles. The highest BCUT2D eigenvalue weighted by Crippen LogP contribution is 2.33. The maximum Gasteiger partial charge on any atom is 0.270 e. The van der Waals surface area contributed by atoms with Crippen LogP contribution in [-0.2, 0) is 7.05 Å². The average Bonchev–Trinajstić information content (AvgIpc) is 2.94. The van der Waals surface area contributed by atoms with Gasteiger partial charge < -0.3 is 9.47 Å². The Morgan fingerprint density at radius 1 is 1.17 bits per heavy atom. The third kappa shape index (κ3) is 1.78. The maximum absolute atomic E-state index is 12.5. The summed E-state index contributed by atoms with van der Waals surface area (Å²) in [5.74, 6) is 1.56. The summed E-state index contributed by atoms with van der Waals surface area (Å²) >= 11 is 0. The first-order chi connectivity index (χ1) is 8.66. The summed E-state index contributed by atoms with van der Waals surface area (Å²) in [4.78, 5) is 14.5. The van der Waals surface area contributed by atoms with Crippen molar-refractivity contribution >= 4 is 5.91 Å². The number of fused-ring (bicyclic) bond motifs is 1. The van der Waals surface area contributed by atoms with Crippen LogP contribution in [0, 0.1) is 18.8 Å². The molecular formula is C15H20N2O. The van der Waals surface area contributed by atoms with Gasteiger partial charge in [-0.05, 0) is 43.7 Å². The molecule has 3 nitrogen and oxygen atoms in total. The molecule has 2 aliphatic rings. The molecule has 1 saturated heterocycles. The van der Waals surface area contributed by atoms with Gasteiger partial charge in [0.15, 0.2) is 0 Å². The highest BCUT2D eigenvalue weighted by atomic mass is 16.2. The normalized spacial score (nSPS) is 26.4. The van der Waals surface area contributed by atoms with Gasteiger partial charge in [-0.25, -0.2) is 0 Å².